The molecule has 0 aromatic carbocycles. The topological polar surface area (TPSA) is 15.3 Å². The van der Waals surface area contributed by atoms with Crippen LogP contribution in [0.4, 0.5) is 0 Å². The maximum absolute atomic E-state index is 3.66. The Morgan fingerprint density at radius 3 is 2.40 bits per heavy atom. The summed E-state index contributed by atoms with van der Waals surface area (Å²) in [4.78, 5) is 2.69. The van der Waals surface area contributed by atoms with E-state index in [2.05, 4.69) is 37.9 Å². The molecule has 0 aromatic rings. The minimum absolute atomic E-state index is 0.712. The predicted molar refractivity (Wildman–Crippen MR) is 67.2 cm³/mol. The van der Waals surface area contributed by atoms with Crippen LogP contribution in [-0.4, -0.2) is 36.6 Å². The molecule has 1 rings (SSSR count). The summed E-state index contributed by atoms with van der Waals surface area (Å²) >= 11 is 0. The van der Waals surface area contributed by atoms with Gasteiger partial charge in [0, 0.05) is 31.7 Å². The summed E-state index contributed by atoms with van der Waals surface area (Å²) in [6.07, 6.45) is 3.88. The van der Waals surface area contributed by atoms with Crippen LogP contribution in [0.2, 0.25) is 0 Å². The van der Waals surface area contributed by atoms with Gasteiger partial charge in [0.15, 0.2) is 0 Å². The second kappa shape index (κ2) is 6.49. The highest BCUT2D eigenvalue weighted by Gasteiger charge is 2.26. The molecule has 0 radical (unpaired) electrons. The minimum atomic E-state index is 0.712. The van der Waals surface area contributed by atoms with E-state index >= 15 is 0 Å². The van der Waals surface area contributed by atoms with Crippen molar-refractivity contribution in [2.45, 2.75) is 59.0 Å². The highest BCUT2D eigenvalue weighted by atomic mass is 15.2. The highest BCUT2D eigenvalue weighted by Crippen LogP contribution is 2.16. The van der Waals surface area contributed by atoms with E-state index in [9.17, 15) is 0 Å². The third kappa shape index (κ3) is 3.46. The molecule has 0 bridgehead atoms. The standard InChI is InChI=1S/C13H28N2/c1-5-11(4)13-10-15(9-8-14-13)12(6-2)7-3/h11-14H,5-10H2,1-4H3. The zero-order chi connectivity index (χ0) is 11.3. The van der Waals surface area contributed by atoms with Crippen LogP contribution in [0, 0.1) is 5.92 Å². The van der Waals surface area contributed by atoms with Gasteiger partial charge in [0.05, 0.1) is 0 Å². The van der Waals surface area contributed by atoms with Crippen molar-refractivity contribution in [2.75, 3.05) is 19.6 Å². The maximum Gasteiger partial charge on any atom is 0.0221 e. The first-order valence-corrected chi connectivity index (χ1v) is 6.70. The van der Waals surface area contributed by atoms with Gasteiger partial charge in [-0.05, 0) is 18.8 Å². The molecule has 1 aliphatic rings. The van der Waals surface area contributed by atoms with Crippen LogP contribution in [-0.2, 0) is 0 Å². The Balaban J connectivity index is 2.47. The normalized spacial score (nSPS) is 25.8. The average Bonchev–Trinajstić information content (AvgIpc) is 2.30. The summed E-state index contributed by atoms with van der Waals surface area (Å²) < 4.78 is 0. The first-order valence-electron chi connectivity index (χ1n) is 6.70. The molecule has 0 aromatic heterocycles. The largest absolute Gasteiger partial charge is 0.311 e. The first-order chi connectivity index (χ1) is 7.22. The van der Waals surface area contributed by atoms with E-state index in [-0.39, 0.29) is 0 Å². The Hall–Kier alpha value is -0.0800. The van der Waals surface area contributed by atoms with Gasteiger partial charge in [-0.2, -0.15) is 0 Å². The lowest BCUT2D eigenvalue weighted by Gasteiger charge is -2.40. The lowest BCUT2D eigenvalue weighted by Crippen LogP contribution is -2.55. The molecular weight excluding hydrogens is 184 g/mol. The van der Waals surface area contributed by atoms with Crippen LogP contribution < -0.4 is 5.32 Å². The summed E-state index contributed by atoms with van der Waals surface area (Å²) in [5.74, 6) is 0.808. The Morgan fingerprint density at radius 2 is 1.87 bits per heavy atom. The van der Waals surface area contributed by atoms with E-state index in [1.165, 1.54) is 38.9 Å². The SMILES string of the molecule is CCC(C)C1CN(C(CC)CC)CCN1. The third-order valence-electron chi connectivity index (χ3n) is 4.03. The Bertz CT molecular complexity index is 166. The first kappa shape index (κ1) is 13.0. The van der Waals surface area contributed by atoms with Gasteiger partial charge in [0.25, 0.3) is 0 Å². The summed E-state index contributed by atoms with van der Waals surface area (Å²) in [6.45, 7) is 12.9. The van der Waals surface area contributed by atoms with Gasteiger partial charge >= 0.3 is 0 Å². The quantitative estimate of drug-likeness (QED) is 0.753. The van der Waals surface area contributed by atoms with Crippen molar-refractivity contribution in [3.8, 4) is 0 Å². The van der Waals surface area contributed by atoms with Crippen LogP contribution in [0.1, 0.15) is 47.0 Å². The monoisotopic (exact) mass is 212 g/mol. The van der Waals surface area contributed by atoms with Crippen LogP contribution >= 0.6 is 0 Å². The third-order valence-corrected chi connectivity index (χ3v) is 4.03. The fraction of sp³-hybridized carbons (Fsp3) is 1.00. The van der Waals surface area contributed by atoms with Gasteiger partial charge < -0.3 is 5.32 Å². The zero-order valence-corrected chi connectivity index (χ0v) is 10.9. The molecule has 0 saturated carbocycles. The van der Waals surface area contributed by atoms with Gasteiger partial charge in [0.1, 0.15) is 0 Å². The molecule has 0 spiro atoms. The molecule has 2 heteroatoms. The van der Waals surface area contributed by atoms with E-state index in [0.717, 1.165) is 12.0 Å². The summed E-state index contributed by atoms with van der Waals surface area (Å²) in [6, 6.07) is 1.52. The van der Waals surface area contributed by atoms with Crippen molar-refractivity contribution >= 4 is 0 Å². The molecule has 0 amide bonds. The molecule has 90 valence electrons. The number of nitrogens with zero attached hydrogens (tertiary/aromatic N) is 1. The summed E-state index contributed by atoms with van der Waals surface area (Å²) in [5, 5.41) is 3.66. The van der Waals surface area contributed by atoms with Crippen molar-refractivity contribution in [2.24, 2.45) is 5.92 Å². The molecule has 1 heterocycles. The van der Waals surface area contributed by atoms with Gasteiger partial charge in [-0.25, -0.2) is 0 Å². The van der Waals surface area contributed by atoms with E-state index in [0.29, 0.717) is 6.04 Å². The summed E-state index contributed by atoms with van der Waals surface area (Å²) in [7, 11) is 0. The van der Waals surface area contributed by atoms with Gasteiger partial charge in [-0.1, -0.05) is 34.1 Å². The molecular formula is C13H28N2. The number of nitrogens with one attached hydrogen (secondary N) is 1. The molecule has 1 saturated heterocycles. The van der Waals surface area contributed by atoms with Gasteiger partial charge in [0.2, 0.25) is 0 Å². The van der Waals surface area contributed by atoms with Gasteiger partial charge in [-0.15, -0.1) is 0 Å². The predicted octanol–water partition coefficient (Wildman–Crippen LogP) is 2.49. The Labute approximate surface area is 95.4 Å². The molecule has 2 nitrogen and oxygen atoms in total. The number of hydrogen-bond acceptors (Lipinski definition) is 2. The van der Waals surface area contributed by atoms with Crippen LogP contribution in [0.3, 0.4) is 0 Å². The highest BCUT2D eigenvalue weighted by molar-refractivity contribution is 4.84. The lowest BCUT2D eigenvalue weighted by atomic mass is 9.96. The minimum Gasteiger partial charge on any atom is -0.311 e. The van der Waals surface area contributed by atoms with Crippen LogP contribution in [0.5, 0.6) is 0 Å². The molecule has 1 fully saturated rings. The van der Waals surface area contributed by atoms with Crippen molar-refractivity contribution in [3.05, 3.63) is 0 Å². The van der Waals surface area contributed by atoms with E-state index < -0.39 is 0 Å². The van der Waals surface area contributed by atoms with Crippen molar-refractivity contribution < 1.29 is 0 Å². The van der Waals surface area contributed by atoms with Crippen molar-refractivity contribution in [3.63, 3.8) is 0 Å². The van der Waals surface area contributed by atoms with E-state index in [1.807, 2.05) is 0 Å². The van der Waals surface area contributed by atoms with E-state index in [1.54, 1.807) is 0 Å². The fourth-order valence-electron chi connectivity index (χ4n) is 2.60. The van der Waals surface area contributed by atoms with Crippen LogP contribution in [0.25, 0.3) is 0 Å². The van der Waals surface area contributed by atoms with Gasteiger partial charge in [-0.3, -0.25) is 4.90 Å². The van der Waals surface area contributed by atoms with Crippen molar-refractivity contribution in [1.82, 2.24) is 10.2 Å². The molecule has 0 aliphatic carbocycles. The van der Waals surface area contributed by atoms with Crippen molar-refractivity contribution in [1.29, 1.82) is 0 Å². The number of hydrogen-bond donors (Lipinski definition) is 1. The lowest BCUT2D eigenvalue weighted by molar-refractivity contribution is 0.116. The number of rotatable bonds is 5. The fourth-order valence-corrected chi connectivity index (χ4v) is 2.60. The number of piperazine rings is 1. The van der Waals surface area contributed by atoms with Crippen LogP contribution in [0.15, 0.2) is 0 Å². The Kier molecular flexibility index (Phi) is 5.62. The molecule has 15 heavy (non-hydrogen) atoms. The second-order valence-electron chi connectivity index (χ2n) is 4.91. The van der Waals surface area contributed by atoms with E-state index in [4.69, 9.17) is 0 Å². The molecule has 2 unspecified atom stereocenters. The smallest absolute Gasteiger partial charge is 0.0221 e. The molecule has 1 N–H and O–H groups in total. The molecule has 1 aliphatic heterocycles. The summed E-state index contributed by atoms with van der Waals surface area (Å²) in [5.41, 5.74) is 0. The second-order valence-corrected chi connectivity index (χ2v) is 4.91. The maximum atomic E-state index is 3.66. The zero-order valence-electron chi connectivity index (χ0n) is 10.9. The molecule has 2 atom stereocenters. The average molecular weight is 212 g/mol. The Morgan fingerprint density at radius 1 is 1.20 bits per heavy atom.